The molecule has 0 radical (unpaired) electrons. The molecular formula is C14H19N3O2S. The molecule has 0 aliphatic heterocycles. The summed E-state index contributed by atoms with van der Waals surface area (Å²) in [5, 5.41) is 4.83. The van der Waals surface area contributed by atoms with Gasteiger partial charge in [-0.25, -0.2) is 0 Å². The summed E-state index contributed by atoms with van der Waals surface area (Å²) in [6, 6.07) is 7.36. The van der Waals surface area contributed by atoms with E-state index in [1.54, 1.807) is 12.1 Å². The average molecular weight is 293 g/mol. The summed E-state index contributed by atoms with van der Waals surface area (Å²) in [7, 11) is 0. The second kappa shape index (κ2) is 6.47. The zero-order chi connectivity index (χ0) is 15.3. The molecule has 1 rings (SSSR count). The molecule has 6 heteroatoms. The summed E-state index contributed by atoms with van der Waals surface area (Å²) >= 11 is 4.61. The van der Waals surface area contributed by atoms with Gasteiger partial charge in [-0.05, 0) is 23.1 Å². The molecule has 0 atom stereocenters. The maximum Gasteiger partial charge on any atom is 0.313 e. The van der Waals surface area contributed by atoms with Crippen molar-refractivity contribution in [2.45, 2.75) is 26.2 Å². The summed E-state index contributed by atoms with van der Waals surface area (Å²) in [5.41, 5.74) is 6.98. The van der Waals surface area contributed by atoms with Crippen LogP contribution >= 0.6 is 12.2 Å². The van der Waals surface area contributed by atoms with Gasteiger partial charge in [0.25, 0.3) is 0 Å². The van der Waals surface area contributed by atoms with Crippen LogP contribution in [-0.4, -0.2) is 23.3 Å². The van der Waals surface area contributed by atoms with Crippen molar-refractivity contribution in [3.8, 4) is 0 Å². The second-order valence-electron chi connectivity index (χ2n) is 5.43. The maximum absolute atomic E-state index is 11.6. The number of hydrogen-bond acceptors (Lipinski definition) is 3. The van der Waals surface area contributed by atoms with Gasteiger partial charge in [-0.1, -0.05) is 45.1 Å². The van der Waals surface area contributed by atoms with Gasteiger partial charge >= 0.3 is 11.8 Å². The Hall–Kier alpha value is -1.95. The number of carbonyl (C=O) groups excluding carboxylic acids is 2. The van der Waals surface area contributed by atoms with Crippen LogP contribution in [0.25, 0.3) is 0 Å². The number of rotatable bonds is 3. The van der Waals surface area contributed by atoms with Gasteiger partial charge < -0.3 is 16.4 Å². The van der Waals surface area contributed by atoms with Gasteiger partial charge in [0.15, 0.2) is 0 Å². The largest absolute Gasteiger partial charge is 0.392 e. The highest BCUT2D eigenvalue weighted by Gasteiger charge is 2.15. The van der Waals surface area contributed by atoms with Gasteiger partial charge in [-0.2, -0.15) is 0 Å². The molecule has 0 saturated carbocycles. The Morgan fingerprint density at radius 1 is 1.15 bits per heavy atom. The molecular weight excluding hydrogens is 274 g/mol. The molecule has 1 aromatic rings. The highest BCUT2D eigenvalue weighted by atomic mass is 32.1. The summed E-state index contributed by atoms with van der Waals surface area (Å²) in [6.07, 6.45) is 0. The number of nitrogens with one attached hydrogen (secondary N) is 2. The van der Waals surface area contributed by atoms with E-state index in [9.17, 15) is 9.59 Å². The predicted octanol–water partition coefficient (Wildman–Crippen LogP) is 1.32. The van der Waals surface area contributed by atoms with E-state index in [1.165, 1.54) is 0 Å². The Morgan fingerprint density at radius 2 is 1.70 bits per heavy atom. The first-order valence-electron chi connectivity index (χ1n) is 6.18. The highest BCUT2D eigenvalue weighted by molar-refractivity contribution is 7.80. The quantitative estimate of drug-likeness (QED) is 0.580. The minimum atomic E-state index is -0.766. The van der Waals surface area contributed by atoms with Crippen molar-refractivity contribution < 1.29 is 9.59 Å². The number of benzene rings is 1. The smallest absolute Gasteiger partial charge is 0.313 e. The number of carbonyl (C=O) groups is 2. The zero-order valence-electron chi connectivity index (χ0n) is 11.8. The van der Waals surface area contributed by atoms with E-state index in [0.717, 1.165) is 5.56 Å². The second-order valence-corrected chi connectivity index (χ2v) is 5.95. The fourth-order valence-corrected chi connectivity index (χ4v) is 1.56. The third-order valence-electron chi connectivity index (χ3n) is 2.64. The van der Waals surface area contributed by atoms with Crippen molar-refractivity contribution in [1.82, 2.24) is 5.32 Å². The van der Waals surface area contributed by atoms with Crippen molar-refractivity contribution in [3.63, 3.8) is 0 Å². The van der Waals surface area contributed by atoms with E-state index in [4.69, 9.17) is 5.73 Å². The Balaban J connectivity index is 2.62. The van der Waals surface area contributed by atoms with Gasteiger partial charge in [0, 0.05) is 5.69 Å². The van der Waals surface area contributed by atoms with Crippen LogP contribution in [0.5, 0.6) is 0 Å². The summed E-state index contributed by atoms with van der Waals surface area (Å²) in [6.45, 7) is 6.31. The molecule has 0 unspecified atom stereocenters. The van der Waals surface area contributed by atoms with E-state index in [0.29, 0.717) is 5.69 Å². The monoisotopic (exact) mass is 293 g/mol. The predicted molar refractivity (Wildman–Crippen MR) is 83.6 cm³/mol. The molecule has 0 aliphatic carbocycles. The molecule has 0 aromatic heterocycles. The first kappa shape index (κ1) is 16.1. The summed E-state index contributed by atoms with van der Waals surface area (Å²) in [4.78, 5) is 23.2. The van der Waals surface area contributed by atoms with Gasteiger partial charge in [-0.3, -0.25) is 9.59 Å². The number of thiocarbonyl (C=S) groups is 1. The molecule has 0 heterocycles. The Morgan fingerprint density at radius 3 is 2.15 bits per heavy atom. The standard InChI is InChI=1S/C14H19N3O2S/c1-14(2,3)9-4-6-10(7-5-9)17-13(19)12(18)16-8-11(15)20/h4-7H,8H2,1-3H3,(H2,15,20)(H,16,18)(H,17,19). The van der Waals surface area contributed by atoms with E-state index in [-0.39, 0.29) is 16.9 Å². The third kappa shape index (κ3) is 4.97. The van der Waals surface area contributed by atoms with Gasteiger partial charge in [-0.15, -0.1) is 0 Å². The molecule has 0 saturated heterocycles. The molecule has 0 spiro atoms. The van der Waals surface area contributed by atoms with Crippen molar-refractivity contribution >= 4 is 34.7 Å². The van der Waals surface area contributed by atoms with E-state index in [1.807, 2.05) is 12.1 Å². The minimum Gasteiger partial charge on any atom is -0.392 e. The van der Waals surface area contributed by atoms with Crippen LogP contribution in [0.2, 0.25) is 0 Å². The van der Waals surface area contributed by atoms with Crippen LogP contribution in [0.4, 0.5) is 5.69 Å². The third-order valence-corrected chi connectivity index (χ3v) is 2.78. The zero-order valence-corrected chi connectivity index (χ0v) is 12.6. The summed E-state index contributed by atoms with van der Waals surface area (Å²) < 4.78 is 0. The molecule has 0 fully saturated rings. The topological polar surface area (TPSA) is 84.2 Å². The molecule has 20 heavy (non-hydrogen) atoms. The Kier molecular flexibility index (Phi) is 5.21. The van der Waals surface area contributed by atoms with Gasteiger partial charge in [0.1, 0.15) is 0 Å². The molecule has 0 bridgehead atoms. The number of hydrogen-bond donors (Lipinski definition) is 3. The summed E-state index contributed by atoms with van der Waals surface area (Å²) in [5.74, 6) is -1.51. The Bertz CT molecular complexity index is 518. The molecule has 1 aromatic carbocycles. The van der Waals surface area contributed by atoms with E-state index in [2.05, 4.69) is 43.6 Å². The lowest BCUT2D eigenvalue weighted by atomic mass is 9.87. The SMILES string of the molecule is CC(C)(C)c1ccc(NC(=O)C(=O)NCC(N)=S)cc1. The van der Waals surface area contributed by atoms with Gasteiger partial charge in [0.2, 0.25) is 0 Å². The fourth-order valence-electron chi connectivity index (χ4n) is 1.49. The lowest BCUT2D eigenvalue weighted by Crippen LogP contribution is -2.39. The van der Waals surface area contributed by atoms with E-state index < -0.39 is 11.8 Å². The normalized spacial score (nSPS) is 10.8. The fraction of sp³-hybridized carbons (Fsp3) is 0.357. The van der Waals surface area contributed by atoms with Crippen LogP contribution in [-0.2, 0) is 15.0 Å². The van der Waals surface area contributed by atoms with Crippen molar-refractivity contribution in [2.24, 2.45) is 5.73 Å². The maximum atomic E-state index is 11.6. The van der Waals surface area contributed by atoms with Crippen LogP contribution in [0.15, 0.2) is 24.3 Å². The van der Waals surface area contributed by atoms with Crippen LogP contribution in [0.1, 0.15) is 26.3 Å². The lowest BCUT2D eigenvalue weighted by Gasteiger charge is -2.19. The van der Waals surface area contributed by atoms with Gasteiger partial charge in [0.05, 0.1) is 11.5 Å². The van der Waals surface area contributed by atoms with Crippen LogP contribution in [0, 0.1) is 0 Å². The van der Waals surface area contributed by atoms with Crippen molar-refractivity contribution in [1.29, 1.82) is 0 Å². The average Bonchev–Trinajstić information content (AvgIpc) is 2.35. The van der Waals surface area contributed by atoms with Crippen LogP contribution in [0.3, 0.4) is 0 Å². The van der Waals surface area contributed by atoms with Crippen molar-refractivity contribution in [3.05, 3.63) is 29.8 Å². The Labute approximate surface area is 123 Å². The molecule has 5 nitrogen and oxygen atoms in total. The highest BCUT2D eigenvalue weighted by Crippen LogP contribution is 2.23. The molecule has 0 aliphatic rings. The first-order chi connectivity index (χ1) is 9.20. The molecule has 4 N–H and O–H groups in total. The first-order valence-corrected chi connectivity index (χ1v) is 6.59. The van der Waals surface area contributed by atoms with Crippen LogP contribution < -0.4 is 16.4 Å². The minimum absolute atomic E-state index is 0.00451. The molecule has 108 valence electrons. The van der Waals surface area contributed by atoms with E-state index >= 15 is 0 Å². The number of nitrogens with two attached hydrogens (primary N) is 1. The number of anilines is 1. The van der Waals surface area contributed by atoms with Crippen molar-refractivity contribution in [2.75, 3.05) is 11.9 Å². The molecule has 2 amide bonds. The number of amides is 2. The lowest BCUT2D eigenvalue weighted by molar-refractivity contribution is -0.135.